The van der Waals surface area contributed by atoms with Crippen molar-refractivity contribution in [3.8, 4) is 11.8 Å². The van der Waals surface area contributed by atoms with Gasteiger partial charge in [0.2, 0.25) is 27.7 Å². The molecule has 0 aliphatic heterocycles. The van der Waals surface area contributed by atoms with Gasteiger partial charge < -0.3 is 9.47 Å². The van der Waals surface area contributed by atoms with Gasteiger partial charge in [-0.25, -0.2) is 31.1 Å². The number of carbonyl (C=O) groups excluding carboxylic acids is 1. The van der Waals surface area contributed by atoms with E-state index in [-0.39, 0.29) is 23.8 Å². The highest BCUT2D eigenvalue weighted by Crippen LogP contribution is 2.25. The lowest BCUT2D eigenvalue weighted by Gasteiger charge is -2.13. The molecule has 0 unspecified atom stereocenters. The summed E-state index contributed by atoms with van der Waals surface area (Å²) in [5.41, 5.74) is 0. The minimum Gasteiger partial charge on any atom is -0.481 e. The van der Waals surface area contributed by atoms with Gasteiger partial charge >= 0.3 is 6.03 Å². The van der Waals surface area contributed by atoms with Crippen LogP contribution < -0.4 is 24.2 Å². The van der Waals surface area contributed by atoms with E-state index in [1.165, 1.54) is 32.4 Å². The molecule has 0 bridgehead atoms. The summed E-state index contributed by atoms with van der Waals surface area (Å²) in [6.45, 7) is 0. The lowest BCUT2D eigenvalue weighted by molar-refractivity contribution is 0.256. The SMILES string of the molecule is COc1cc(OC)nc(NC(=O)NS(=O)(=O)c2ccccc2S(=O)(=O)NC2CC2)n1. The van der Waals surface area contributed by atoms with Crippen molar-refractivity contribution in [2.45, 2.75) is 28.7 Å². The third kappa shape index (κ3) is 5.14. The number of sulfonamides is 2. The summed E-state index contributed by atoms with van der Waals surface area (Å²) in [5, 5.41) is 2.14. The fourth-order valence-corrected chi connectivity index (χ4v) is 5.40. The van der Waals surface area contributed by atoms with E-state index in [0.717, 1.165) is 12.1 Å². The number of urea groups is 1. The normalized spacial score (nSPS) is 14.1. The number of nitrogens with one attached hydrogen (secondary N) is 3. The minimum absolute atomic E-state index is 0.0718. The molecule has 1 aliphatic rings. The number of hydrogen-bond donors (Lipinski definition) is 3. The first-order valence-corrected chi connectivity index (χ1v) is 11.5. The topological polar surface area (TPSA) is 166 Å². The molecule has 0 radical (unpaired) electrons. The van der Waals surface area contributed by atoms with E-state index in [1.54, 1.807) is 4.72 Å². The Balaban J connectivity index is 1.83. The first-order chi connectivity index (χ1) is 14.1. The number of hydrogen-bond acceptors (Lipinski definition) is 9. The zero-order valence-corrected chi connectivity index (χ0v) is 17.6. The van der Waals surface area contributed by atoms with Crippen LogP contribution in [0.25, 0.3) is 0 Å². The monoisotopic (exact) mass is 457 g/mol. The van der Waals surface area contributed by atoms with Crippen molar-refractivity contribution in [1.82, 2.24) is 19.4 Å². The number of aromatic nitrogens is 2. The van der Waals surface area contributed by atoms with E-state index < -0.39 is 35.9 Å². The zero-order valence-electron chi connectivity index (χ0n) is 15.9. The van der Waals surface area contributed by atoms with Crippen LogP contribution >= 0.6 is 0 Å². The van der Waals surface area contributed by atoms with Crippen LogP contribution in [0.1, 0.15) is 12.8 Å². The Labute approximate surface area is 173 Å². The lowest BCUT2D eigenvalue weighted by Crippen LogP contribution is -2.36. The summed E-state index contributed by atoms with van der Waals surface area (Å²) in [4.78, 5) is 18.9. The van der Waals surface area contributed by atoms with Gasteiger partial charge in [-0.2, -0.15) is 9.97 Å². The number of carbonyl (C=O) groups is 1. The fourth-order valence-electron chi connectivity index (χ4n) is 2.35. The quantitative estimate of drug-likeness (QED) is 0.510. The van der Waals surface area contributed by atoms with E-state index in [0.29, 0.717) is 12.8 Å². The number of nitrogens with zero attached hydrogens (tertiary/aromatic N) is 2. The van der Waals surface area contributed by atoms with Crippen molar-refractivity contribution < 1.29 is 31.1 Å². The van der Waals surface area contributed by atoms with Crippen molar-refractivity contribution in [2.75, 3.05) is 19.5 Å². The van der Waals surface area contributed by atoms with Gasteiger partial charge in [-0.15, -0.1) is 0 Å². The second-order valence-electron chi connectivity index (χ2n) is 6.18. The van der Waals surface area contributed by atoms with Gasteiger partial charge in [0.05, 0.1) is 20.3 Å². The van der Waals surface area contributed by atoms with Gasteiger partial charge in [0.1, 0.15) is 9.79 Å². The molecule has 0 atom stereocenters. The molecular formula is C16H19N5O7S2. The Morgan fingerprint density at radius 2 is 1.50 bits per heavy atom. The van der Waals surface area contributed by atoms with Crippen LogP contribution in [0, 0.1) is 0 Å². The number of benzene rings is 1. The largest absolute Gasteiger partial charge is 0.481 e. The Bertz CT molecular complexity index is 1140. The zero-order chi connectivity index (χ0) is 21.9. The summed E-state index contributed by atoms with van der Waals surface area (Å²) in [5.74, 6) is -0.139. The molecule has 3 N–H and O–H groups in total. The molecule has 162 valence electrons. The Kier molecular flexibility index (Phi) is 6.09. The van der Waals surface area contributed by atoms with Gasteiger partial charge in [-0.05, 0) is 25.0 Å². The van der Waals surface area contributed by atoms with Gasteiger partial charge in [0.25, 0.3) is 10.0 Å². The van der Waals surface area contributed by atoms with E-state index in [4.69, 9.17) is 9.47 Å². The van der Waals surface area contributed by atoms with Crippen LogP contribution in [0.2, 0.25) is 0 Å². The lowest BCUT2D eigenvalue weighted by atomic mass is 10.4. The summed E-state index contributed by atoms with van der Waals surface area (Å²) in [6.07, 6.45) is 1.36. The maximum Gasteiger partial charge on any atom is 0.335 e. The maximum absolute atomic E-state index is 12.7. The maximum atomic E-state index is 12.7. The third-order valence-corrected chi connectivity index (χ3v) is 6.97. The predicted octanol–water partition coefficient (Wildman–Crippen LogP) is 0.445. The van der Waals surface area contributed by atoms with Crippen LogP contribution in [-0.2, 0) is 20.0 Å². The minimum atomic E-state index is -4.54. The molecule has 1 saturated carbocycles. The number of methoxy groups -OCH3 is 2. The Morgan fingerprint density at radius 3 is 2.00 bits per heavy atom. The number of rotatable bonds is 8. The Morgan fingerprint density at radius 1 is 0.967 bits per heavy atom. The van der Waals surface area contributed by atoms with Crippen LogP contribution in [0.5, 0.6) is 11.8 Å². The van der Waals surface area contributed by atoms with E-state index in [2.05, 4.69) is 20.0 Å². The van der Waals surface area contributed by atoms with Gasteiger partial charge in [0.15, 0.2) is 0 Å². The molecule has 30 heavy (non-hydrogen) atoms. The summed E-state index contributed by atoms with van der Waals surface area (Å²) < 4.78 is 64.5. The molecule has 1 heterocycles. The highest BCUT2D eigenvalue weighted by molar-refractivity contribution is 7.93. The van der Waals surface area contributed by atoms with Crippen LogP contribution in [0.4, 0.5) is 10.7 Å². The summed E-state index contributed by atoms with van der Waals surface area (Å²) in [7, 11) is -5.95. The summed E-state index contributed by atoms with van der Waals surface area (Å²) in [6, 6.07) is 4.90. The molecule has 14 heteroatoms. The van der Waals surface area contributed by atoms with Crippen molar-refractivity contribution >= 4 is 32.0 Å². The third-order valence-electron chi connectivity index (χ3n) is 3.88. The van der Waals surface area contributed by atoms with Crippen LogP contribution in [0.3, 0.4) is 0 Å². The standard InChI is InChI=1S/C16H19N5O7S2/c1-27-13-9-14(28-2)18-15(17-13)19-16(22)21-30(25,26)12-6-4-3-5-11(12)29(23,24)20-10-7-8-10/h3-6,9-10,20H,7-8H2,1-2H3,(H2,17,18,19,21,22). The smallest absolute Gasteiger partial charge is 0.335 e. The van der Waals surface area contributed by atoms with Gasteiger partial charge in [-0.1, -0.05) is 12.1 Å². The fraction of sp³-hybridized carbons (Fsp3) is 0.312. The van der Waals surface area contributed by atoms with Gasteiger partial charge in [-0.3, -0.25) is 5.32 Å². The van der Waals surface area contributed by atoms with E-state index >= 15 is 0 Å². The van der Waals surface area contributed by atoms with Crippen LogP contribution in [-0.4, -0.2) is 53.1 Å². The highest BCUT2D eigenvalue weighted by atomic mass is 32.2. The predicted molar refractivity (Wildman–Crippen MR) is 104 cm³/mol. The Hall–Kier alpha value is -2.97. The molecule has 1 aliphatic carbocycles. The molecule has 0 saturated heterocycles. The number of ether oxygens (including phenoxy) is 2. The molecular weight excluding hydrogens is 438 g/mol. The van der Waals surface area contributed by atoms with Crippen molar-refractivity contribution in [1.29, 1.82) is 0 Å². The second-order valence-corrected chi connectivity index (χ2v) is 9.51. The van der Waals surface area contributed by atoms with Crippen molar-refractivity contribution in [3.05, 3.63) is 30.3 Å². The van der Waals surface area contributed by atoms with Gasteiger partial charge in [0, 0.05) is 6.04 Å². The number of anilines is 1. The average molecular weight is 457 g/mol. The summed E-state index contributed by atoms with van der Waals surface area (Å²) >= 11 is 0. The second kappa shape index (κ2) is 8.41. The molecule has 1 aromatic carbocycles. The molecule has 2 amide bonds. The van der Waals surface area contributed by atoms with E-state index in [9.17, 15) is 21.6 Å². The molecule has 1 fully saturated rings. The van der Waals surface area contributed by atoms with Crippen LogP contribution in [0.15, 0.2) is 40.1 Å². The molecule has 3 rings (SSSR count). The molecule has 1 aromatic heterocycles. The van der Waals surface area contributed by atoms with Crippen molar-refractivity contribution in [3.63, 3.8) is 0 Å². The molecule has 0 spiro atoms. The number of amides is 2. The van der Waals surface area contributed by atoms with Crippen molar-refractivity contribution in [2.24, 2.45) is 0 Å². The first-order valence-electron chi connectivity index (χ1n) is 8.57. The molecule has 12 nitrogen and oxygen atoms in total. The van der Waals surface area contributed by atoms with E-state index in [1.807, 2.05) is 0 Å². The highest BCUT2D eigenvalue weighted by Gasteiger charge is 2.32. The molecule has 2 aromatic rings. The average Bonchev–Trinajstić information content (AvgIpc) is 3.50. The first kappa shape index (κ1) is 21.7.